The number of hydrogen-bond donors (Lipinski definition) is 1. The molecule has 1 aromatic carbocycles. The first-order valence-corrected chi connectivity index (χ1v) is 6.98. The number of hydrogen-bond acceptors (Lipinski definition) is 3. The number of rotatable bonds is 4. The Hall–Kier alpha value is -1.39. The van der Waals surface area contributed by atoms with Crippen molar-refractivity contribution in [1.82, 2.24) is 4.98 Å². The predicted octanol–water partition coefficient (Wildman–Crippen LogP) is 3.83. The number of benzene rings is 1. The van der Waals surface area contributed by atoms with Gasteiger partial charge in [0.25, 0.3) is 0 Å². The first-order chi connectivity index (χ1) is 9.04. The molecule has 0 bridgehead atoms. The molecule has 2 N–H and O–H groups in total. The summed E-state index contributed by atoms with van der Waals surface area (Å²) in [5, 5.41) is 0. The van der Waals surface area contributed by atoms with Crippen molar-refractivity contribution < 1.29 is 4.74 Å². The van der Waals surface area contributed by atoms with Crippen LogP contribution in [0.5, 0.6) is 11.6 Å². The quantitative estimate of drug-likeness (QED) is 0.931. The summed E-state index contributed by atoms with van der Waals surface area (Å²) < 4.78 is 6.78. The van der Waals surface area contributed by atoms with Crippen LogP contribution < -0.4 is 10.5 Å². The van der Waals surface area contributed by atoms with E-state index in [9.17, 15) is 0 Å². The Bertz CT molecular complexity index is 553. The Morgan fingerprint density at radius 1 is 1.32 bits per heavy atom. The lowest BCUT2D eigenvalue weighted by Gasteiger charge is -2.08. The molecule has 0 saturated heterocycles. The number of nitrogens with zero attached hydrogens (tertiary/aromatic N) is 1. The second kappa shape index (κ2) is 6.17. The predicted molar refractivity (Wildman–Crippen MR) is 80.5 cm³/mol. The molecule has 0 spiro atoms. The van der Waals surface area contributed by atoms with Gasteiger partial charge in [0, 0.05) is 22.8 Å². The molecule has 0 fully saturated rings. The summed E-state index contributed by atoms with van der Waals surface area (Å²) in [5.74, 6) is 1.38. The lowest BCUT2D eigenvalue weighted by Crippen LogP contribution is -2.17. The largest absolute Gasteiger partial charge is 0.439 e. The molecule has 1 heterocycles. The van der Waals surface area contributed by atoms with Gasteiger partial charge in [-0.05, 0) is 49.6 Å². The van der Waals surface area contributed by atoms with E-state index in [1.54, 1.807) is 0 Å². The number of nitrogens with two attached hydrogens (primary N) is 1. The molecule has 0 aliphatic rings. The van der Waals surface area contributed by atoms with Gasteiger partial charge >= 0.3 is 0 Å². The van der Waals surface area contributed by atoms with E-state index in [1.165, 1.54) is 0 Å². The molecule has 1 aromatic heterocycles. The maximum Gasteiger partial charge on any atom is 0.219 e. The second-order valence-corrected chi connectivity index (χ2v) is 5.55. The average molecular weight is 321 g/mol. The van der Waals surface area contributed by atoms with E-state index in [1.807, 2.05) is 50.4 Å². The summed E-state index contributed by atoms with van der Waals surface area (Å²) in [7, 11) is 0. The highest BCUT2D eigenvalue weighted by atomic mass is 79.9. The average Bonchev–Trinajstić information content (AvgIpc) is 2.36. The number of halogens is 1. The summed E-state index contributed by atoms with van der Waals surface area (Å²) in [4.78, 5) is 4.29. The van der Waals surface area contributed by atoms with Gasteiger partial charge in [-0.15, -0.1) is 0 Å². The van der Waals surface area contributed by atoms with Crippen molar-refractivity contribution in [2.75, 3.05) is 0 Å². The maximum absolute atomic E-state index is 5.75. The summed E-state index contributed by atoms with van der Waals surface area (Å²) >= 11 is 3.46. The number of aromatic nitrogens is 1. The van der Waals surface area contributed by atoms with Gasteiger partial charge in [0.2, 0.25) is 5.88 Å². The minimum atomic E-state index is 0.141. The second-order valence-electron chi connectivity index (χ2n) is 4.70. The molecule has 3 nitrogen and oxygen atoms in total. The zero-order chi connectivity index (χ0) is 13.8. The molecule has 1 unspecified atom stereocenters. The lowest BCUT2D eigenvalue weighted by atomic mass is 10.1. The molecule has 0 saturated carbocycles. The smallest absolute Gasteiger partial charge is 0.219 e. The first kappa shape index (κ1) is 14.0. The van der Waals surface area contributed by atoms with E-state index in [0.717, 1.165) is 27.8 Å². The van der Waals surface area contributed by atoms with Gasteiger partial charge in [0.1, 0.15) is 5.75 Å². The molecule has 0 aliphatic carbocycles. The van der Waals surface area contributed by atoms with Gasteiger partial charge < -0.3 is 10.5 Å². The topological polar surface area (TPSA) is 48.1 Å². The molecule has 100 valence electrons. The van der Waals surface area contributed by atoms with Crippen LogP contribution in [-0.2, 0) is 6.42 Å². The van der Waals surface area contributed by atoms with E-state index in [0.29, 0.717) is 5.88 Å². The Morgan fingerprint density at radius 3 is 2.68 bits per heavy atom. The molecule has 1 atom stereocenters. The van der Waals surface area contributed by atoms with Crippen LogP contribution in [0.25, 0.3) is 0 Å². The van der Waals surface area contributed by atoms with Gasteiger partial charge in [0.15, 0.2) is 0 Å². The molecule has 0 radical (unpaired) electrons. The molecule has 19 heavy (non-hydrogen) atoms. The molecule has 2 rings (SSSR count). The fourth-order valence-electron chi connectivity index (χ4n) is 1.77. The van der Waals surface area contributed by atoms with E-state index >= 15 is 0 Å². The zero-order valence-electron chi connectivity index (χ0n) is 11.1. The van der Waals surface area contributed by atoms with Crippen molar-refractivity contribution >= 4 is 15.9 Å². The van der Waals surface area contributed by atoms with Crippen molar-refractivity contribution in [3.8, 4) is 11.6 Å². The van der Waals surface area contributed by atoms with Crippen LogP contribution in [-0.4, -0.2) is 11.0 Å². The minimum Gasteiger partial charge on any atom is -0.439 e. The van der Waals surface area contributed by atoms with Gasteiger partial charge in [-0.1, -0.05) is 22.0 Å². The number of pyridine rings is 1. The third-order valence-electron chi connectivity index (χ3n) is 2.71. The van der Waals surface area contributed by atoms with Crippen LogP contribution in [0, 0.1) is 6.92 Å². The van der Waals surface area contributed by atoms with Crippen molar-refractivity contribution in [2.24, 2.45) is 5.73 Å². The standard InChI is InChI=1S/C15H17BrN2O/c1-10-7-13(4-5-14(10)16)19-15-6-3-12(9-18-15)8-11(2)17/h3-7,9,11H,8,17H2,1-2H3. The fourth-order valence-corrected chi connectivity index (χ4v) is 2.01. The van der Waals surface area contributed by atoms with E-state index < -0.39 is 0 Å². The van der Waals surface area contributed by atoms with Crippen molar-refractivity contribution in [3.63, 3.8) is 0 Å². The summed E-state index contributed by atoms with van der Waals surface area (Å²) in [6.07, 6.45) is 2.63. The highest BCUT2D eigenvalue weighted by Gasteiger charge is 2.03. The Morgan fingerprint density at radius 2 is 2.11 bits per heavy atom. The van der Waals surface area contributed by atoms with Crippen LogP contribution in [0.2, 0.25) is 0 Å². The third kappa shape index (κ3) is 4.04. The van der Waals surface area contributed by atoms with Crippen LogP contribution >= 0.6 is 15.9 Å². The van der Waals surface area contributed by atoms with Gasteiger partial charge in [-0.2, -0.15) is 0 Å². The summed E-state index contributed by atoms with van der Waals surface area (Å²) in [6.45, 7) is 4.01. The molecule has 4 heteroatoms. The van der Waals surface area contributed by atoms with E-state index in [4.69, 9.17) is 10.5 Å². The van der Waals surface area contributed by atoms with Gasteiger partial charge in [-0.25, -0.2) is 4.98 Å². The molecule has 0 amide bonds. The molecular weight excluding hydrogens is 304 g/mol. The van der Waals surface area contributed by atoms with Crippen LogP contribution in [0.1, 0.15) is 18.1 Å². The highest BCUT2D eigenvalue weighted by molar-refractivity contribution is 9.10. The summed E-state index contributed by atoms with van der Waals surface area (Å²) in [5.41, 5.74) is 8.00. The monoisotopic (exact) mass is 320 g/mol. The Balaban J connectivity index is 2.08. The van der Waals surface area contributed by atoms with Crippen molar-refractivity contribution in [3.05, 3.63) is 52.1 Å². The minimum absolute atomic E-state index is 0.141. The number of ether oxygens (including phenoxy) is 1. The molecule has 2 aromatic rings. The van der Waals surface area contributed by atoms with Crippen LogP contribution in [0.3, 0.4) is 0 Å². The van der Waals surface area contributed by atoms with E-state index in [-0.39, 0.29) is 6.04 Å². The number of aryl methyl sites for hydroxylation is 1. The normalized spacial score (nSPS) is 12.2. The van der Waals surface area contributed by atoms with E-state index in [2.05, 4.69) is 20.9 Å². The highest BCUT2D eigenvalue weighted by Crippen LogP contribution is 2.25. The van der Waals surface area contributed by atoms with Crippen molar-refractivity contribution in [2.45, 2.75) is 26.3 Å². The van der Waals surface area contributed by atoms with Crippen LogP contribution in [0.4, 0.5) is 0 Å². The zero-order valence-corrected chi connectivity index (χ0v) is 12.6. The van der Waals surface area contributed by atoms with Gasteiger partial charge in [-0.3, -0.25) is 0 Å². The van der Waals surface area contributed by atoms with Crippen LogP contribution in [0.15, 0.2) is 41.0 Å². The van der Waals surface area contributed by atoms with Crippen molar-refractivity contribution in [1.29, 1.82) is 0 Å². The fraction of sp³-hybridized carbons (Fsp3) is 0.267. The third-order valence-corrected chi connectivity index (χ3v) is 3.60. The Kier molecular flexibility index (Phi) is 4.56. The lowest BCUT2D eigenvalue weighted by molar-refractivity contribution is 0.462. The Labute approximate surface area is 121 Å². The SMILES string of the molecule is Cc1cc(Oc2ccc(CC(C)N)cn2)ccc1Br. The molecular formula is C15H17BrN2O. The summed E-state index contributed by atoms with van der Waals surface area (Å²) in [6, 6.07) is 9.86. The first-order valence-electron chi connectivity index (χ1n) is 6.19. The maximum atomic E-state index is 5.75. The van der Waals surface area contributed by atoms with Gasteiger partial charge in [0.05, 0.1) is 0 Å². The molecule has 0 aliphatic heterocycles.